The van der Waals surface area contributed by atoms with Crippen molar-refractivity contribution >= 4 is 22.9 Å². The fourth-order valence-electron chi connectivity index (χ4n) is 4.60. The van der Waals surface area contributed by atoms with Gasteiger partial charge in [0.15, 0.2) is 5.82 Å². The Bertz CT molecular complexity index is 1230. The van der Waals surface area contributed by atoms with E-state index in [0.717, 1.165) is 54.4 Å². The topological polar surface area (TPSA) is 34.3 Å². The maximum atomic E-state index is 5.93. The summed E-state index contributed by atoms with van der Waals surface area (Å²) in [6.07, 6.45) is 4.40. The second-order valence-corrected chi connectivity index (χ2v) is 8.77. The summed E-state index contributed by atoms with van der Waals surface area (Å²) in [6.45, 7) is 6.13. The summed E-state index contributed by atoms with van der Waals surface area (Å²) in [5.41, 5.74) is 8.46. The van der Waals surface area contributed by atoms with E-state index in [2.05, 4.69) is 82.8 Å². The first-order chi connectivity index (χ1) is 15.2. The van der Waals surface area contributed by atoms with Gasteiger partial charge in [-0.1, -0.05) is 79.3 Å². The van der Waals surface area contributed by atoms with E-state index in [1.807, 2.05) is 0 Å². The van der Waals surface area contributed by atoms with Crippen LogP contribution in [0.15, 0.2) is 54.6 Å². The van der Waals surface area contributed by atoms with Crippen molar-refractivity contribution < 1.29 is 0 Å². The molecule has 0 radical (unpaired) electrons. The van der Waals surface area contributed by atoms with E-state index in [1.165, 1.54) is 34.3 Å². The lowest BCUT2D eigenvalue weighted by Crippen LogP contribution is -2.25. The summed E-state index contributed by atoms with van der Waals surface area (Å²) >= 11 is 5.93. The molecule has 5 rings (SSSR count). The van der Waals surface area contributed by atoms with Crippen molar-refractivity contribution in [3.05, 3.63) is 71.4 Å². The molecule has 0 saturated heterocycles. The molecular weight excluding hydrogens is 400 g/mol. The van der Waals surface area contributed by atoms with Crippen LogP contribution >= 0.6 is 12.2 Å². The second kappa shape index (κ2) is 8.31. The van der Waals surface area contributed by atoms with Crippen LogP contribution in [-0.2, 0) is 13.0 Å². The predicted molar refractivity (Wildman–Crippen MR) is 132 cm³/mol. The summed E-state index contributed by atoms with van der Waals surface area (Å²) < 4.78 is 4.52. The lowest BCUT2D eigenvalue weighted by atomic mass is 9.97. The molecule has 4 aromatic rings. The van der Waals surface area contributed by atoms with Gasteiger partial charge < -0.3 is 9.88 Å². The molecule has 158 valence electrons. The minimum absolute atomic E-state index is 0.781. The van der Waals surface area contributed by atoms with Gasteiger partial charge in [0, 0.05) is 29.8 Å². The second-order valence-electron chi connectivity index (χ2n) is 8.36. The van der Waals surface area contributed by atoms with E-state index in [4.69, 9.17) is 17.3 Å². The van der Waals surface area contributed by atoms with E-state index in [-0.39, 0.29) is 0 Å². The number of hydrogen-bond donors (Lipinski definition) is 1. The molecular formula is C26H28N4S. The Morgan fingerprint density at radius 1 is 1.03 bits per heavy atom. The molecule has 1 aliphatic heterocycles. The van der Waals surface area contributed by atoms with Crippen LogP contribution in [0, 0.1) is 6.92 Å². The zero-order chi connectivity index (χ0) is 21.4. The molecule has 0 atom stereocenters. The van der Waals surface area contributed by atoms with Gasteiger partial charge in [0.05, 0.1) is 0 Å². The molecule has 1 aliphatic rings. The first kappa shape index (κ1) is 20.0. The Morgan fingerprint density at radius 2 is 1.81 bits per heavy atom. The van der Waals surface area contributed by atoms with Gasteiger partial charge in [0.25, 0.3) is 0 Å². The lowest BCUT2D eigenvalue weighted by molar-refractivity contribution is 0.645. The molecule has 0 aliphatic carbocycles. The van der Waals surface area contributed by atoms with Crippen LogP contribution in [-0.4, -0.2) is 25.7 Å². The molecule has 4 nitrogen and oxygen atoms in total. The standard InChI is InChI=1S/C26H28N4S/c1-3-16-27-25(31)23-22(19-14-12-18(2)13-15-19)21-11-7-8-17-29-24(28-30(23)26(21)29)20-9-5-4-6-10-20/h4-6,9-10,12-15H,3,7-8,11,16-17H2,1-2H3,(H,27,31). The number of aryl methyl sites for hydroxylation is 3. The highest BCUT2D eigenvalue weighted by Crippen LogP contribution is 2.38. The summed E-state index contributed by atoms with van der Waals surface area (Å²) in [7, 11) is 0. The molecule has 5 heteroatoms. The largest absolute Gasteiger partial charge is 0.375 e. The van der Waals surface area contributed by atoms with Gasteiger partial charge in [0.1, 0.15) is 16.3 Å². The third-order valence-corrected chi connectivity index (χ3v) is 6.45. The summed E-state index contributed by atoms with van der Waals surface area (Å²) in [5, 5.41) is 8.61. The van der Waals surface area contributed by atoms with Crippen LogP contribution in [0.2, 0.25) is 0 Å². The average Bonchev–Trinajstić information content (AvgIpc) is 3.21. The smallest absolute Gasteiger partial charge is 0.162 e. The van der Waals surface area contributed by atoms with Gasteiger partial charge in [-0.05, 0) is 38.2 Å². The maximum absolute atomic E-state index is 5.93. The third-order valence-electron chi connectivity index (χ3n) is 6.11. The minimum atomic E-state index is 0.781. The van der Waals surface area contributed by atoms with Gasteiger partial charge in [-0.25, -0.2) is 4.52 Å². The van der Waals surface area contributed by atoms with Crippen molar-refractivity contribution in [2.24, 2.45) is 0 Å². The fourth-order valence-corrected chi connectivity index (χ4v) is 4.89. The number of nitrogens with one attached hydrogen (secondary N) is 1. The molecule has 2 aromatic carbocycles. The molecule has 2 aromatic heterocycles. The fraction of sp³-hybridized carbons (Fsp3) is 0.308. The summed E-state index contributed by atoms with van der Waals surface area (Å²) in [6, 6.07) is 19.3. The molecule has 0 fully saturated rings. The first-order valence-corrected chi connectivity index (χ1v) is 11.6. The predicted octanol–water partition coefficient (Wildman–Crippen LogP) is 5.79. The third kappa shape index (κ3) is 3.47. The Morgan fingerprint density at radius 3 is 2.55 bits per heavy atom. The molecule has 0 saturated carbocycles. The van der Waals surface area contributed by atoms with Gasteiger partial charge in [-0.15, -0.1) is 5.10 Å². The van der Waals surface area contributed by atoms with Gasteiger partial charge in [-0.3, -0.25) is 0 Å². The zero-order valence-electron chi connectivity index (χ0n) is 18.2. The van der Waals surface area contributed by atoms with Crippen molar-refractivity contribution in [2.75, 3.05) is 6.54 Å². The van der Waals surface area contributed by atoms with Crippen LogP contribution in [0.4, 0.5) is 0 Å². The van der Waals surface area contributed by atoms with Gasteiger partial charge >= 0.3 is 0 Å². The van der Waals surface area contributed by atoms with Gasteiger partial charge in [0.2, 0.25) is 0 Å². The Kier molecular flexibility index (Phi) is 5.36. The van der Waals surface area contributed by atoms with Crippen molar-refractivity contribution in [3.8, 4) is 22.5 Å². The van der Waals surface area contributed by atoms with E-state index >= 15 is 0 Å². The number of nitrogens with zero attached hydrogens (tertiary/aromatic N) is 3. The van der Waals surface area contributed by atoms with E-state index in [9.17, 15) is 0 Å². The summed E-state index contributed by atoms with van der Waals surface area (Å²) in [5.74, 6) is 1.02. The number of benzene rings is 2. The Hall–Kier alpha value is -2.92. The monoisotopic (exact) mass is 428 g/mol. The molecule has 0 amide bonds. The van der Waals surface area contributed by atoms with Crippen LogP contribution in [0.25, 0.3) is 28.2 Å². The highest BCUT2D eigenvalue weighted by molar-refractivity contribution is 7.80. The molecule has 0 unspecified atom stereocenters. The minimum Gasteiger partial charge on any atom is -0.375 e. The van der Waals surface area contributed by atoms with Crippen LogP contribution in [0.3, 0.4) is 0 Å². The molecule has 0 bridgehead atoms. The molecule has 3 heterocycles. The summed E-state index contributed by atoms with van der Waals surface area (Å²) in [4.78, 5) is 0.781. The van der Waals surface area contributed by atoms with E-state index < -0.39 is 0 Å². The average molecular weight is 429 g/mol. The number of aromatic nitrogens is 3. The number of rotatable bonds is 5. The highest BCUT2D eigenvalue weighted by atomic mass is 32.1. The molecule has 1 N–H and O–H groups in total. The van der Waals surface area contributed by atoms with E-state index in [0.29, 0.717) is 0 Å². The van der Waals surface area contributed by atoms with E-state index in [1.54, 1.807) is 0 Å². The highest BCUT2D eigenvalue weighted by Gasteiger charge is 2.29. The molecule has 31 heavy (non-hydrogen) atoms. The van der Waals surface area contributed by atoms with Crippen molar-refractivity contribution in [1.82, 2.24) is 19.5 Å². The SMILES string of the molecule is CCCNC(=S)c1c(-c2ccc(C)cc2)c2c3n(c(-c4ccccc4)nn13)CCCC2. The normalized spacial score (nSPS) is 13.4. The van der Waals surface area contributed by atoms with Crippen LogP contribution < -0.4 is 5.32 Å². The quantitative estimate of drug-likeness (QED) is 0.409. The number of hydrogen-bond acceptors (Lipinski definition) is 2. The maximum Gasteiger partial charge on any atom is 0.162 e. The zero-order valence-corrected chi connectivity index (χ0v) is 19.0. The number of thiocarbonyl (C=S) groups is 1. The van der Waals surface area contributed by atoms with Crippen molar-refractivity contribution in [1.29, 1.82) is 0 Å². The van der Waals surface area contributed by atoms with Crippen molar-refractivity contribution in [2.45, 2.75) is 46.1 Å². The first-order valence-electron chi connectivity index (χ1n) is 11.2. The van der Waals surface area contributed by atoms with Crippen molar-refractivity contribution in [3.63, 3.8) is 0 Å². The van der Waals surface area contributed by atoms with Crippen LogP contribution in [0.5, 0.6) is 0 Å². The molecule has 0 spiro atoms. The Balaban J connectivity index is 1.81. The van der Waals surface area contributed by atoms with Gasteiger partial charge in [-0.2, -0.15) is 0 Å². The Labute approximate surface area is 188 Å². The lowest BCUT2D eigenvalue weighted by Gasteiger charge is -2.11. The van der Waals surface area contributed by atoms with Crippen LogP contribution in [0.1, 0.15) is 43.0 Å².